The van der Waals surface area contributed by atoms with E-state index in [9.17, 15) is 9.59 Å². The van der Waals surface area contributed by atoms with Crippen LogP contribution in [0.25, 0.3) is 0 Å². The molecule has 21 heavy (non-hydrogen) atoms. The number of rotatable bonds is 0. The van der Waals surface area contributed by atoms with Crippen molar-refractivity contribution in [2.45, 2.75) is 66.2 Å². The van der Waals surface area contributed by atoms with Crippen LogP contribution in [0.2, 0.25) is 0 Å². The summed E-state index contributed by atoms with van der Waals surface area (Å²) in [5.74, 6) is 1.72. The van der Waals surface area contributed by atoms with E-state index < -0.39 is 0 Å². The zero-order valence-corrected chi connectivity index (χ0v) is 13.9. The Balaban J connectivity index is 2.14. The largest absolute Gasteiger partial charge is 0.299 e. The van der Waals surface area contributed by atoms with Gasteiger partial charge in [-0.3, -0.25) is 9.59 Å². The van der Waals surface area contributed by atoms with Gasteiger partial charge in [0.15, 0.2) is 5.78 Å². The number of carbonyl (C=O) groups is 2. The van der Waals surface area contributed by atoms with Crippen molar-refractivity contribution < 1.29 is 9.59 Å². The van der Waals surface area contributed by atoms with Crippen LogP contribution in [0.15, 0.2) is 23.3 Å². The van der Waals surface area contributed by atoms with Crippen molar-refractivity contribution in [2.24, 2.45) is 17.3 Å². The molecule has 116 valence electrons. The second-order valence-corrected chi connectivity index (χ2v) is 7.44. The lowest BCUT2D eigenvalue weighted by Crippen LogP contribution is -2.02. The Morgan fingerprint density at radius 1 is 1.14 bits per heavy atom. The second kappa shape index (κ2) is 6.29. The molecule has 2 aliphatic rings. The Labute approximate surface area is 128 Å². The molecule has 0 unspecified atom stereocenters. The number of carbonyl (C=O) groups excluding carboxylic acids is 2. The Morgan fingerprint density at radius 2 is 1.86 bits per heavy atom. The number of hydrogen-bond acceptors (Lipinski definition) is 2. The molecule has 2 atom stereocenters. The van der Waals surface area contributed by atoms with Crippen LogP contribution in [0.5, 0.6) is 0 Å². The van der Waals surface area contributed by atoms with Gasteiger partial charge < -0.3 is 0 Å². The first-order chi connectivity index (χ1) is 9.82. The lowest BCUT2D eigenvalue weighted by molar-refractivity contribution is -0.118. The molecule has 0 heterocycles. The first kappa shape index (κ1) is 16.2. The molecule has 0 spiro atoms. The minimum absolute atomic E-state index is 0.195. The predicted octanol–water partition coefficient (Wildman–Crippen LogP) is 4.64. The molecule has 0 bridgehead atoms. The van der Waals surface area contributed by atoms with Crippen molar-refractivity contribution in [2.75, 3.05) is 0 Å². The average molecular weight is 288 g/mol. The highest BCUT2D eigenvalue weighted by Gasteiger charge is 2.55. The fourth-order valence-electron chi connectivity index (χ4n) is 3.62. The lowest BCUT2D eigenvalue weighted by Gasteiger charge is -2.04. The van der Waals surface area contributed by atoms with Crippen LogP contribution in [0.1, 0.15) is 66.2 Å². The maximum atomic E-state index is 12.2. The van der Waals surface area contributed by atoms with E-state index in [2.05, 4.69) is 19.9 Å². The standard InChI is InChI=1S/C19H28O2/c1-13-9-10-18(21)14(2)12-17-16(19(17,3)4)8-6-5-7-15(20)11-13/h9,12,16-17H,5-8,10-11H2,1-4H3/t16-,17+/m1/s1. The molecule has 0 aromatic rings. The van der Waals surface area contributed by atoms with Gasteiger partial charge in [-0.15, -0.1) is 0 Å². The number of Topliss-reactive ketones (excluding diaryl/α,β-unsaturated/α-hetero) is 2. The van der Waals surface area contributed by atoms with Gasteiger partial charge >= 0.3 is 0 Å². The number of hydrogen-bond donors (Lipinski definition) is 0. The van der Waals surface area contributed by atoms with E-state index >= 15 is 0 Å². The average Bonchev–Trinajstić information content (AvgIpc) is 2.91. The van der Waals surface area contributed by atoms with E-state index in [1.807, 2.05) is 19.9 Å². The monoisotopic (exact) mass is 288 g/mol. The van der Waals surface area contributed by atoms with E-state index in [0.717, 1.165) is 24.0 Å². The molecule has 2 aliphatic carbocycles. The maximum absolute atomic E-state index is 12.2. The van der Waals surface area contributed by atoms with Crippen molar-refractivity contribution in [1.82, 2.24) is 0 Å². The molecule has 2 heteroatoms. The van der Waals surface area contributed by atoms with Gasteiger partial charge in [0.25, 0.3) is 0 Å². The normalized spacial score (nSPS) is 30.9. The molecule has 0 radical (unpaired) electrons. The Bertz CT molecular complexity index is 494. The minimum Gasteiger partial charge on any atom is -0.299 e. The molecular formula is C19H28O2. The highest BCUT2D eigenvalue weighted by atomic mass is 16.1. The van der Waals surface area contributed by atoms with E-state index in [-0.39, 0.29) is 5.78 Å². The Hall–Kier alpha value is -1.18. The SMILES string of the molecule is CC1=CCC(=O)C(C)=C[C@H]2[C@@H](CCCCC(=O)C1)C2(C)C. The van der Waals surface area contributed by atoms with Gasteiger partial charge in [-0.1, -0.05) is 38.0 Å². The van der Waals surface area contributed by atoms with Gasteiger partial charge in [0.2, 0.25) is 0 Å². The summed E-state index contributed by atoms with van der Waals surface area (Å²) < 4.78 is 0. The zero-order valence-electron chi connectivity index (χ0n) is 13.9. The number of allylic oxidation sites excluding steroid dienone is 4. The lowest BCUT2D eigenvalue weighted by atomic mass is 10.00. The van der Waals surface area contributed by atoms with E-state index in [0.29, 0.717) is 42.3 Å². The third kappa shape index (κ3) is 3.93. The van der Waals surface area contributed by atoms with Crippen LogP contribution in [-0.4, -0.2) is 11.6 Å². The minimum atomic E-state index is 0.195. The van der Waals surface area contributed by atoms with E-state index in [1.54, 1.807) is 0 Å². The molecule has 2 nitrogen and oxygen atoms in total. The van der Waals surface area contributed by atoms with Crippen molar-refractivity contribution in [3.63, 3.8) is 0 Å². The van der Waals surface area contributed by atoms with Gasteiger partial charge in [-0.05, 0) is 49.5 Å². The molecular weight excluding hydrogens is 260 g/mol. The first-order valence-electron chi connectivity index (χ1n) is 8.21. The smallest absolute Gasteiger partial charge is 0.162 e. The summed E-state index contributed by atoms with van der Waals surface area (Å²) in [7, 11) is 0. The molecule has 1 saturated carbocycles. The summed E-state index contributed by atoms with van der Waals surface area (Å²) in [5, 5.41) is 0. The zero-order chi connectivity index (χ0) is 15.6. The fourth-order valence-corrected chi connectivity index (χ4v) is 3.62. The topological polar surface area (TPSA) is 34.1 Å². The van der Waals surface area contributed by atoms with Crippen molar-refractivity contribution in [1.29, 1.82) is 0 Å². The molecule has 0 aromatic heterocycles. The highest BCUT2D eigenvalue weighted by molar-refractivity contribution is 5.96. The van der Waals surface area contributed by atoms with Crippen LogP contribution in [-0.2, 0) is 9.59 Å². The van der Waals surface area contributed by atoms with Gasteiger partial charge in [0.1, 0.15) is 5.78 Å². The predicted molar refractivity (Wildman–Crippen MR) is 86.0 cm³/mol. The fraction of sp³-hybridized carbons (Fsp3) is 0.684. The summed E-state index contributed by atoms with van der Waals surface area (Å²) >= 11 is 0. The summed E-state index contributed by atoms with van der Waals surface area (Å²) in [6.45, 7) is 8.48. The quantitative estimate of drug-likeness (QED) is 0.608. The van der Waals surface area contributed by atoms with Gasteiger partial charge in [0.05, 0.1) is 0 Å². The Morgan fingerprint density at radius 3 is 2.57 bits per heavy atom. The first-order valence-corrected chi connectivity index (χ1v) is 8.21. The van der Waals surface area contributed by atoms with Crippen molar-refractivity contribution in [3.05, 3.63) is 23.3 Å². The summed E-state index contributed by atoms with van der Waals surface area (Å²) in [6.07, 6.45) is 9.06. The molecule has 1 fully saturated rings. The molecule has 0 amide bonds. The third-order valence-electron chi connectivity index (χ3n) is 5.34. The third-order valence-corrected chi connectivity index (χ3v) is 5.34. The Kier molecular flexibility index (Phi) is 4.85. The van der Waals surface area contributed by atoms with Crippen LogP contribution in [0, 0.1) is 17.3 Å². The molecule has 0 saturated heterocycles. The van der Waals surface area contributed by atoms with Crippen LogP contribution < -0.4 is 0 Å². The van der Waals surface area contributed by atoms with Gasteiger partial charge in [-0.25, -0.2) is 0 Å². The summed E-state index contributed by atoms with van der Waals surface area (Å²) in [6, 6.07) is 0. The maximum Gasteiger partial charge on any atom is 0.162 e. The van der Waals surface area contributed by atoms with Crippen molar-refractivity contribution in [3.8, 4) is 0 Å². The molecule has 0 aromatic carbocycles. The van der Waals surface area contributed by atoms with E-state index in [1.165, 1.54) is 6.42 Å². The number of ketones is 2. The van der Waals surface area contributed by atoms with Crippen LogP contribution in [0.3, 0.4) is 0 Å². The highest BCUT2D eigenvalue weighted by Crippen LogP contribution is 2.61. The summed E-state index contributed by atoms with van der Waals surface area (Å²) in [5.41, 5.74) is 2.24. The molecule has 2 rings (SSSR count). The second-order valence-electron chi connectivity index (χ2n) is 7.44. The van der Waals surface area contributed by atoms with Gasteiger partial charge in [-0.2, -0.15) is 0 Å². The number of fused-ring (bicyclic) bond motifs is 1. The summed E-state index contributed by atoms with van der Waals surface area (Å²) in [4.78, 5) is 24.1. The van der Waals surface area contributed by atoms with Crippen molar-refractivity contribution >= 4 is 11.6 Å². The van der Waals surface area contributed by atoms with E-state index in [4.69, 9.17) is 0 Å². The van der Waals surface area contributed by atoms with Crippen LogP contribution in [0.4, 0.5) is 0 Å². The molecule has 0 aliphatic heterocycles. The van der Waals surface area contributed by atoms with Gasteiger partial charge in [0, 0.05) is 19.3 Å². The van der Waals surface area contributed by atoms with Crippen LogP contribution >= 0.6 is 0 Å². The molecule has 0 N–H and O–H groups in total.